The summed E-state index contributed by atoms with van der Waals surface area (Å²) in [5.41, 5.74) is 0.164. The minimum atomic E-state index is -0.502. The Morgan fingerprint density at radius 2 is 2.00 bits per heavy atom. The first-order chi connectivity index (χ1) is 8.90. The van der Waals surface area contributed by atoms with Crippen LogP contribution in [-0.4, -0.2) is 24.9 Å². The number of carbonyl (C=O) groups excluding carboxylic acids is 2. The van der Waals surface area contributed by atoms with Crippen LogP contribution in [0.1, 0.15) is 24.2 Å². The SMILES string of the molecule is CC(C)CNC(=O)CNC(=O)c1cc(F)ccc1Br. The van der Waals surface area contributed by atoms with Gasteiger partial charge < -0.3 is 10.6 Å². The Morgan fingerprint density at radius 1 is 1.32 bits per heavy atom. The molecule has 0 aliphatic heterocycles. The summed E-state index contributed by atoms with van der Waals surface area (Å²) >= 11 is 3.16. The maximum atomic E-state index is 13.0. The van der Waals surface area contributed by atoms with E-state index in [1.807, 2.05) is 13.8 Å². The molecule has 0 aliphatic rings. The third-order valence-electron chi connectivity index (χ3n) is 2.29. The van der Waals surface area contributed by atoms with Crippen LogP contribution < -0.4 is 10.6 Å². The highest BCUT2D eigenvalue weighted by molar-refractivity contribution is 9.10. The summed E-state index contributed by atoms with van der Waals surface area (Å²) in [6.07, 6.45) is 0. The van der Waals surface area contributed by atoms with E-state index in [0.717, 1.165) is 6.07 Å². The van der Waals surface area contributed by atoms with Gasteiger partial charge in [-0.15, -0.1) is 0 Å². The molecule has 19 heavy (non-hydrogen) atoms. The van der Waals surface area contributed by atoms with E-state index < -0.39 is 11.7 Å². The average Bonchev–Trinajstić information content (AvgIpc) is 2.36. The highest BCUT2D eigenvalue weighted by atomic mass is 79.9. The van der Waals surface area contributed by atoms with Crippen molar-refractivity contribution in [1.29, 1.82) is 0 Å². The molecule has 1 rings (SSSR count). The highest BCUT2D eigenvalue weighted by Gasteiger charge is 2.12. The molecular weight excluding hydrogens is 315 g/mol. The molecule has 0 bridgehead atoms. The molecule has 2 amide bonds. The molecule has 0 saturated heterocycles. The molecule has 0 atom stereocenters. The van der Waals surface area contributed by atoms with Gasteiger partial charge in [0.05, 0.1) is 12.1 Å². The summed E-state index contributed by atoms with van der Waals surface area (Å²) in [5, 5.41) is 5.12. The van der Waals surface area contributed by atoms with Gasteiger partial charge in [-0.05, 0) is 40.0 Å². The van der Waals surface area contributed by atoms with Gasteiger partial charge in [-0.25, -0.2) is 4.39 Å². The molecule has 6 heteroatoms. The number of rotatable bonds is 5. The van der Waals surface area contributed by atoms with E-state index in [1.165, 1.54) is 12.1 Å². The summed E-state index contributed by atoms with van der Waals surface area (Å²) in [6.45, 7) is 4.37. The molecule has 0 fully saturated rings. The van der Waals surface area contributed by atoms with Crippen molar-refractivity contribution >= 4 is 27.7 Å². The molecule has 104 valence electrons. The number of amides is 2. The van der Waals surface area contributed by atoms with Crippen molar-refractivity contribution in [1.82, 2.24) is 10.6 Å². The van der Waals surface area contributed by atoms with Gasteiger partial charge in [0.15, 0.2) is 0 Å². The van der Waals surface area contributed by atoms with Crippen LogP contribution in [0.15, 0.2) is 22.7 Å². The Morgan fingerprint density at radius 3 is 2.63 bits per heavy atom. The quantitative estimate of drug-likeness (QED) is 0.868. The van der Waals surface area contributed by atoms with Gasteiger partial charge in [0, 0.05) is 11.0 Å². The molecule has 0 radical (unpaired) electrons. The fourth-order valence-electron chi connectivity index (χ4n) is 1.31. The van der Waals surface area contributed by atoms with Gasteiger partial charge in [0.25, 0.3) is 5.91 Å². The fourth-order valence-corrected chi connectivity index (χ4v) is 1.73. The minimum absolute atomic E-state index is 0.130. The Labute approximate surface area is 119 Å². The smallest absolute Gasteiger partial charge is 0.252 e. The van der Waals surface area contributed by atoms with Crippen LogP contribution >= 0.6 is 15.9 Å². The molecule has 4 nitrogen and oxygen atoms in total. The molecule has 0 heterocycles. The Kier molecular flexibility index (Phi) is 5.95. The summed E-state index contributed by atoms with van der Waals surface area (Å²) in [5.74, 6) is -0.921. The number of hydrogen-bond donors (Lipinski definition) is 2. The van der Waals surface area contributed by atoms with Gasteiger partial charge in [0.1, 0.15) is 5.82 Å². The van der Waals surface area contributed by atoms with E-state index in [9.17, 15) is 14.0 Å². The van der Waals surface area contributed by atoms with Crippen LogP contribution in [0, 0.1) is 11.7 Å². The minimum Gasteiger partial charge on any atom is -0.354 e. The van der Waals surface area contributed by atoms with Gasteiger partial charge >= 0.3 is 0 Å². The van der Waals surface area contributed by atoms with Gasteiger partial charge in [-0.1, -0.05) is 13.8 Å². The number of hydrogen-bond acceptors (Lipinski definition) is 2. The van der Waals surface area contributed by atoms with Crippen molar-refractivity contribution in [2.24, 2.45) is 5.92 Å². The normalized spacial score (nSPS) is 10.4. The third-order valence-corrected chi connectivity index (χ3v) is 2.98. The molecule has 2 N–H and O–H groups in total. The molecule has 0 aromatic heterocycles. The maximum absolute atomic E-state index is 13.0. The van der Waals surface area contributed by atoms with Crippen LogP contribution in [0.3, 0.4) is 0 Å². The van der Waals surface area contributed by atoms with Crippen LogP contribution in [-0.2, 0) is 4.79 Å². The van der Waals surface area contributed by atoms with Gasteiger partial charge in [-0.3, -0.25) is 9.59 Å². The van der Waals surface area contributed by atoms with E-state index >= 15 is 0 Å². The predicted octanol–water partition coefficient (Wildman–Crippen LogP) is 2.09. The van der Waals surface area contributed by atoms with E-state index in [0.29, 0.717) is 16.9 Å². The van der Waals surface area contributed by atoms with Crippen molar-refractivity contribution in [3.63, 3.8) is 0 Å². The number of nitrogens with one attached hydrogen (secondary N) is 2. The standard InChI is InChI=1S/C13H16BrFN2O2/c1-8(2)6-16-12(18)7-17-13(19)10-5-9(15)3-4-11(10)14/h3-5,8H,6-7H2,1-2H3,(H,16,18)(H,17,19). The Hall–Kier alpha value is -1.43. The first-order valence-corrected chi connectivity index (χ1v) is 6.69. The fraction of sp³-hybridized carbons (Fsp3) is 0.385. The summed E-state index contributed by atoms with van der Waals surface area (Å²) in [7, 11) is 0. The first kappa shape index (κ1) is 15.6. The lowest BCUT2D eigenvalue weighted by Gasteiger charge is -2.09. The zero-order valence-electron chi connectivity index (χ0n) is 10.8. The zero-order chi connectivity index (χ0) is 14.4. The van der Waals surface area contributed by atoms with Crippen LogP contribution in [0.2, 0.25) is 0 Å². The van der Waals surface area contributed by atoms with E-state index in [4.69, 9.17) is 0 Å². The molecule has 0 aliphatic carbocycles. The maximum Gasteiger partial charge on any atom is 0.252 e. The first-order valence-electron chi connectivity index (χ1n) is 5.90. The Balaban J connectivity index is 2.51. The predicted molar refractivity (Wildman–Crippen MR) is 74.3 cm³/mol. The Bertz CT molecular complexity index is 478. The molecule has 0 unspecified atom stereocenters. The van der Waals surface area contributed by atoms with Crippen LogP contribution in [0.25, 0.3) is 0 Å². The second-order valence-electron chi connectivity index (χ2n) is 4.50. The van der Waals surface area contributed by atoms with Crippen molar-refractivity contribution < 1.29 is 14.0 Å². The molecule has 0 spiro atoms. The zero-order valence-corrected chi connectivity index (χ0v) is 12.4. The summed E-state index contributed by atoms with van der Waals surface area (Å²) in [4.78, 5) is 23.2. The summed E-state index contributed by atoms with van der Waals surface area (Å²) in [6, 6.07) is 3.81. The average molecular weight is 331 g/mol. The van der Waals surface area contributed by atoms with Crippen molar-refractivity contribution in [3.05, 3.63) is 34.1 Å². The monoisotopic (exact) mass is 330 g/mol. The topological polar surface area (TPSA) is 58.2 Å². The largest absolute Gasteiger partial charge is 0.354 e. The lowest BCUT2D eigenvalue weighted by molar-refractivity contribution is -0.120. The summed E-state index contributed by atoms with van der Waals surface area (Å²) < 4.78 is 13.5. The van der Waals surface area contributed by atoms with Gasteiger partial charge in [-0.2, -0.15) is 0 Å². The molecular formula is C13H16BrFN2O2. The molecule has 1 aromatic carbocycles. The van der Waals surface area contributed by atoms with Crippen molar-refractivity contribution in [2.45, 2.75) is 13.8 Å². The number of halogens is 2. The molecule has 1 aromatic rings. The number of benzene rings is 1. The second kappa shape index (κ2) is 7.23. The van der Waals surface area contributed by atoms with Gasteiger partial charge in [0.2, 0.25) is 5.91 Å². The van der Waals surface area contributed by atoms with Crippen LogP contribution in [0.5, 0.6) is 0 Å². The highest BCUT2D eigenvalue weighted by Crippen LogP contribution is 2.17. The molecule has 0 saturated carbocycles. The van der Waals surface area contributed by atoms with E-state index in [2.05, 4.69) is 26.6 Å². The second-order valence-corrected chi connectivity index (χ2v) is 5.36. The van der Waals surface area contributed by atoms with Crippen LogP contribution in [0.4, 0.5) is 4.39 Å². The van der Waals surface area contributed by atoms with E-state index in [1.54, 1.807) is 0 Å². The third kappa shape index (κ3) is 5.38. The lowest BCUT2D eigenvalue weighted by Crippen LogP contribution is -2.38. The number of carbonyl (C=O) groups is 2. The van der Waals surface area contributed by atoms with E-state index in [-0.39, 0.29) is 18.0 Å². The van der Waals surface area contributed by atoms with Crippen molar-refractivity contribution in [2.75, 3.05) is 13.1 Å². The van der Waals surface area contributed by atoms with Crippen molar-refractivity contribution in [3.8, 4) is 0 Å². The lowest BCUT2D eigenvalue weighted by atomic mass is 10.2.